The van der Waals surface area contributed by atoms with Crippen LogP contribution in [0.4, 0.5) is 5.69 Å². The van der Waals surface area contributed by atoms with Gasteiger partial charge in [0.15, 0.2) is 0 Å². The monoisotopic (exact) mass is 273 g/mol. The van der Waals surface area contributed by atoms with Gasteiger partial charge in [0.1, 0.15) is 11.5 Å². The molecule has 0 spiro atoms. The molecule has 20 heavy (non-hydrogen) atoms. The van der Waals surface area contributed by atoms with Crippen molar-refractivity contribution in [1.29, 1.82) is 0 Å². The number of amides is 1. The fraction of sp³-hybridized carbons (Fsp3) is 0.143. The molecule has 1 amide bonds. The van der Waals surface area contributed by atoms with E-state index in [9.17, 15) is 9.90 Å². The second kappa shape index (κ2) is 5.92. The summed E-state index contributed by atoms with van der Waals surface area (Å²) in [7, 11) is 1.54. The highest BCUT2D eigenvalue weighted by molar-refractivity contribution is 5.96. The molecule has 1 heterocycles. The van der Waals surface area contributed by atoms with Gasteiger partial charge in [-0.2, -0.15) is 0 Å². The Kier molecular flexibility index (Phi) is 4.05. The fourth-order valence-electron chi connectivity index (χ4n) is 1.75. The number of carbonyl (C=O) groups is 1. The molecule has 0 aliphatic heterocycles. The molecule has 0 unspecified atom stereocenters. The zero-order valence-electron chi connectivity index (χ0n) is 11.0. The second-order valence-electron chi connectivity index (χ2n) is 4.15. The number of nitrogens with one attached hydrogen (secondary N) is 1. The van der Waals surface area contributed by atoms with Crippen molar-refractivity contribution < 1.29 is 14.6 Å². The van der Waals surface area contributed by atoms with Gasteiger partial charge in [0, 0.05) is 12.7 Å². The first-order valence-corrected chi connectivity index (χ1v) is 5.95. The molecule has 0 saturated carbocycles. The van der Waals surface area contributed by atoms with Crippen LogP contribution in [0.15, 0.2) is 36.7 Å². The number of pyridine rings is 1. The lowest BCUT2D eigenvalue weighted by molar-refractivity contribution is 0.0948. The lowest BCUT2D eigenvalue weighted by Gasteiger charge is -2.09. The normalized spacial score (nSPS) is 10.1. The van der Waals surface area contributed by atoms with Crippen molar-refractivity contribution in [1.82, 2.24) is 10.3 Å². The summed E-state index contributed by atoms with van der Waals surface area (Å²) in [4.78, 5) is 15.6. The zero-order valence-corrected chi connectivity index (χ0v) is 11.0. The van der Waals surface area contributed by atoms with Crippen LogP contribution in [0.1, 0.15) is 15.9 Å². The van der Waals surface area contributed by atoms with Gasteiger partial charge in [0.25, 0.3) is 5.91 Å². The minimum atomic E-state index is -0.376. The van der Waals surface area contributed by atoms with Crippen molar-refractivity contribution in [2.75, 3.05) is 12.8 Å². The van der Waals surface area contributed by atoms with Crippen molar-refractivity contribution in [2.24, 2.45) is 0 Å². The maximum atomic E-state index is 11.9. The number of carbonyl (C=O) groups excluding carboxylic acids is 1. The van der Waals surface area contributed by atoms with Gasteiger partial charge in [-0.15, -0.1) is 0 Å². The number of nitrogens with zero attached hydrogens (tertiary/aromatic N) is 1. The molecule has 6 nitrogen and oxygen atoms in total. The van der Waals surface area contributed by atoms with Gasteiger partial charge >= 0.3 is 0 Å². The third-order valence-corrected chi connectivity index (χ3v) is 2.79. The van der Waals surface area contributed by atoms with Crippen molar-refractivity contribution in [3.63, 3.8) is 0 Å². The molecule has 1 aromatic carbocycles. The molecule has 0 aliphatic rings. The summed E-state index contributed by atoms with van der Waals surface area (Å²) in [5.74, 6) is 0.0605. The molecule has 0 atom stereocenters. The smallest absolute Gasteiger partial charge is 0.255 e. The van der Waals surface area contributed by atoms with Crippen LogP contribution in [0.3, 0.4) is 0 Å². The fourth-order valence-corrected chi connectivity index (χ4v) is 1.75. The number of rotatable bonds is 4. The number of benzene rings is 1. The van der Waals surface area contributed by atoms with E-state index in [4.69, 9.17) is 10.5 Å². The third kappa shape index (κ3) is 2.97. The maximum Gasteiger partial charge on any atom is 0.255 e. The quantitative estimate of drug-likeness (QED) is 0.730. The lowest BCUT2D eigenvalue weighted by atomic mass is 10.1. The number of methoxy groups -OCH3 is 1. The van der Waals surface area contributed by atoms with Crippen LogP contribution in [0.2, 0.25) is 0 Å². The Hall–Kier alpha value is -2.76. The number of aromatic hydroxyl groups is 1. The molecule has 2 rings (SSSR count). The Bertz CT molecular complexity index is 629. The molecule has 0 saturated heterocycles. The number of nitrogen functional groups attached to an aromatic ring is 1. The van der Waals surface area contributed by atoms with E-state index >= 15 is 0 Å². The van der Waals surface area contributed by atoms with Crippen LogP contribution in [-0.2, 0) is 6.54 Å². The molecular weight excluding hydrogens is 258 g/mol. The highest BCUT2D eigenvalue weighted by atomic mass is 16.5. The third-order valence-electron chi connectivity index (χ3n) is 2.79. The lowest BCUT2D eigenvalue weighted by Crippen LogP contribution is -2.23. The van der Waals surface area contributed by atoms with Gasteiger partial charge in [-0.3, -0.25) is 9.78 Å². The Balaban J connectivity index is 2.04. The maximum absolute atomic E-state index is 11.9. The molecule has 2 aromatic rings. The van der Waals surface area contributed by atoms with Crippen molar-refractivity contribution >= 4 is 11.6 Å². The van der Waals surface area contributed by atoms with E-state index in [-0.39, 0.29) is 17.2 Å². The van der Waals surface area contributed by atoms with E-state index in [1.165, 1.54) is 18.5 Å². The molecule has 0 fully saturated rings. The van der Waals surface area contributed by atoms with Gasteiger partial charge in [0.05, 0.1) is 24.6 Å². The summed E-state index contributed by atoms with van der Waals surface area (Å²) in [5, 5.41) is 12.2. The van der Waals surface area contributed by atoms with E-state index in [0.717, 1.165) is 5.56 Å². The van der Waals surface area contributed by atoms with Crippen LogP contribution in [0.25, 0.3) is 0 Å². The van der Waals surface area contributed by atoms with Gasteiger partial charge < -0.3 is 20.9 Å². The minimum Gasteiger partial charge on any atom is -0.505 e. The number of anilines is 1. The minimum absolute atomic E-state index is 0.153. The van der Waals surface area contributed by atoms with Crippen LogP contribution in [0.5, 0.6) is 11.5 Å². The summed E-state index contributed by atoms with van der Waals surface area (Å²) < 4.78 is 5.06. The zero-order chi connectivity index (χ0) is 14.5. The first-order chi connectivity index (χ1) is 9.61. The molecule has 4 N–H and O–H groups in total. The number of aromatic nitrogens is 1. The van der Waals surface area contributed by atoms with E-state index in [2.05, 4.69) is 10.3 Å². The predicted octanol–water partition coefficient (Wildman–Crippen LogP) is 1.31. The van der Waals surface area contributed by atoms with Crippen molar-refractivity contribution in [2.45, 2.75) is 6.54 Å². The molecule has 6 heteroatoms. The van der Waals surface area contributed by atoms with E-state index in [0.29, 0.717) is 18.0 Å². The standard InChI is InChI=1S/C14H15N3O3/c1-20-13-3-2-9(6-11(13)15)7-17-14(19)10-4-5-16-8-12(10)18/h2-6,8,18H,7,15H2,1H3,(H,17,19). The molecule has 0 aliphatic carbocycles. The Morgan fingerprint density at radius 1 is 1.45 bits per heavy atom. The molecule has 1 aromatic heterocycles. The van der Waals surface area contributed by atoms with Gasteiger partial charge in [-0.1, -0.05) is 6.07 Å². The second-order valence-corrected chi connectivity index (χ2v) is 4.15. The number of hydrogen-bond acceptors (Lipinski definition) is 5. The average Bonchev–Trinajstić information content (AvgIpc) is 2.45. The van der Waals surface area contributed by atoms with E-state index in [1.54, 1.807) is 19.2 Å². The first kappa shape index (κ1) is 13.7. The largest absolute Gasteiger partial charge is 0.505 e. The Morgan fingerprint density at radius 3 is 2.90 bits per heavy atom. The van der Waals surface area contributed by atoms with Crippen LogP contribution < -0.4 is 15.8 Å². The molecule has 104 valence electrons. The van der Waals surface area contributed by atoms with Crippen LogP contribution in [0, 0.1) is 0 Å². The summed E-state index contributed by atoms with van der Waals surface area (Å²) in [6.07, 6.45) is 2.67. The number of nitrogens with two attached hydrogens (primary N) is 1. The highest BCUT2D eigenvalue weighted by Gasteiger charge is 2.10. The van der Waals surface area contributed by atoms with Gasteiger partial charge in [-0.05, 0) is 23.8 Å². The summed E-state index contributed by atoms with van der Waals surface area (Å²) in [6, 6.07) is 6.72. The van der Waals surface area contributed by atoms with Gasteiger partial charge in [-0.25, -0.2) is 0 Å². The molecule has 0 radical (unpaired) electrons. The Morgan fingerprint density at radius 2 is 2.25 bits per heavy atom. The summed E-state index contributed by atoms with van der Waals surface area (Å²) >= 11 is 0. The van der Waals surface area contributed by atoms with E-state index in [1.807, 2.05) is 6.07 Å². The highest BCUT2D eigenvalue weighted by Crippen LogP contribution is 2.22. The van der Waals surface area contributed by atoms with Crippen LogP contribution in [-0.4, -0.2) is 23.1 Å². The molecule has 0 bridgehead atoms. The number of hydrogen-bond donors (Lipinski definition) is 3. The molecular formula is C14H15N3O3. The topological polar surface area (TPSA) is 97.5 Å². The summed E-state index contributed by atoms with van der Waals surface area (Å²) in [5.41, 5.74) is 7.31. The van der Waals surface area contributed by atoms with Crippen LogP contribution >= 0.6 is 0 Å². The summed E-state index contributed by atoms with van der Waals surface area (Å²) in [6.45, 7) is 0.300. The number of ether oxygens (including phenoxy) is 1. The Labute approximate surface area is 116 Å². The van der Waals surface area contributed by atoms with Gasteiger partial charge in [0.2, 0.25) is 0 Å². The van der Waals surface area contributed by atoms with Crippen molar-refractivity contribution in [3.05, 3.63) is 47.8 Å². The SMILES string of the molecule is COc1ccc(CNC(=O)c2ccncc2O)cc1N. The average molecular weight is 273 g/mol. The predicted molar refractivity (Wildman–Crippen MR) is 74.5 cm³/mol. The van der Waals surface area contributed by atoms with Crippen molar-refractivity contribution in [3.8, 4) is 11.5 Å². The first-order valence-electron chi connectivity index (χ1n) is 5.95. The van der Waals surface area contributed by atoms with E-state index < -0.39 is 0 Å².